The molecule has 0 bridgehead atoms. The van der Waals surface area contributed by atoms with Gasteiger partial charge < -0.3 is 19.6 Å². The van der Waals surface area contributed by atoms with Gasteiger partial charge in [-0.3, -0.25) is 4.79 Å². The maximum absolute atomic E-state index is 13.3. The van der Waals surface area contributed by atoms with Gasteiger partial charge >= 0.3 is 0 Å². The molecule has 1 heterocycles. The van der Waals surface area contributed by atoms with Gasteiger partial charge in [0, 0.05) is 50.2 Å². The minimum Gasteiger partial charge on any atom is -0.508 e. The maximum atomic E-state index is 13.3. The van der Waals surface area contributed by atoms with Gasteiger partial charge in [0.15, 0.2) is 0 Å². The molecule has 1 N–H and O–H groups in total. The lowest BCUT2D eigenvalue weighted by Gasteiger charge is -2.56. The molecule has 1 saturated heterocycles. The number of amides is 1. The number of ether oxygens (including phenoxy) is 1. The number of aromatic hydroxyl groups is 1. The summed E-state index contributed by atoms with van der Waals surface area (Å²) in [4.78, 5) is 17.9. The number of fused-ring (bicyclic) bond motifs is 1. The van der Waals surface area contributed by atoms with E-state index in [1.54, 1.807) is 6.07 Å². The van der Waals surface area contributed by atoms with E-state index in [2.05, 4.69) is 11.0 Å². The first-order valence-corrected chi connectivity index (χ1v) is 12.4. The number of piperidine rings is 1. The second kappa shape index (κ2) is 9.11. The molecule has 2 aromatic rings. The van der Waals surface area contributed by atoms with Crippen LogP contribution in [0.5, 0.6) is 5.75 Å². The summed E-state index contributed by atoms with van der Waals surface area (Å²) in [5.41, 5.74) is 1.79. The fraction of sp³-hybridized carbons (Fsp3) is 0.536. The van der Waals surface area contributed by atoms with E-state index in [1.165, 1.54) is 24.9 Å². The number of methoxy groups -OCH3 is 1. The molecular formula is C28H36N2O3. The van der Waals surface area contributed by atoms with E-state index in [0.717, 1.165) is 43.8 Å². The largest absolute Gasteiger partial charge is 0.508 e. The van der Waals surface area contributed by atoms with Crippen molar-refractivity contribution < 1.29 is 14.6 Å². The Labute approximate surface area is 197 Å². The number of benzene rings is 2. The summed E-state index contributed by atoms with van der Waals surface area (Å²) in [6.07, 6.45) is 5.56. The van der Waals surface area contributed by atoms with Crippen LogP contribution >= 0.6 is 0 Å². The Bertz CT molecular complexity index is 976. The molecule has 3 aliphatic rings. The minimum absolute atomic E-state index is 0.0612. The summed E-state index contributed by atoms with van der Waals surface area (Å²) in [6.45, 7) is 3.27. The fourth-order valence-corrected chi connectivity index (χ4v) is 6.38. The van der Waals surface area contributed by atoms with Crippen molar-refractivity contribution >= 4 is 5.91 Å². The highest BCUT2D eigenvalue weighted by atomic mass is 16.5. The monoisotopic (exact) mass is 448 g/mol. The summed E-state index contributed by atoms with van der Waals surface area (Å²) in [5.74, 6) is 1.58. The van der Waals surface area contributed by atoms with Gasteiger partial charge in [-0.05, 0) is 74.4 Å². The molecule has 3 fully saturated rings. The van der Waals surface area contributed by atoms with Gasteiger partial charge in [-0.15, -0.1) is 0 Å². The third kappa shape index (κ3) is 4.41. The smallest absolute Gasteiger partial charge is 0.253 e. The zero-order valence-electron chi connectivity index (χ0n) is 19.8. The average molecular weight is 449 g/mol. The van der Waals surface area contributed by atoms with Crippen LogP contribution in [0.4, 0.5) is 0 Å². The van der Waals surface area contributed by atoms with E-state index in [0.29, 0.717) is 11.7 Å². The molecule has 0 radical (unpaired) electrons. The van der Waals surface area contributed by atoms with E-state index in [4.69, 9.17) is 4.74 Å². The molecule has 33 heavy (non-hydrogen) atoms. The van der Waals surface area contributed by atoms with Crippen molar-refractivity contribution in [1.29, 1.82) is 0 Å². The third-order valence-electron chi connectivity index (χ3n) is 8.42. The number of carbonyl (C=O) groups excluding carboxylic acids is 1. The number of rotatable bonds is 6. The molecule has 5 nitrogen and oxygen atoms in total. The highest BCUT2D eigenvalue weighted by Gasteiger charge is 2.53. The Morgan fingerprint density at radius 2 is 1.97 bits per heavy atom. The van der Waals surface area contributed by atoms with Gasteiger partial charge in [0.05, 0.1) is 6.10 Å². The van der Waals surface area contributed by atoms with Crippen LogP contribution in [0.25, 0.3) is 0 Å². The summed E-state index contributed by atoms with van der Waals surface area (Å²) in [7, 11) is 3.75. The Hall–Kier alpha value is -2.37. The summed E-state index contributed by atoms with van der Waals surface area (Å²) >= 11 is 0. The van der Waals surface area contributed by atoms with Gasteiger partial charge in [-0.1, -0.05) is 30.3 Å². The lowest BCUT2D eigenvalue weighted by atomic mass is 9.56. The Balaban J connectivity index is 1.47. The molecule has 176 valence electrons. The number of phenols is 1. The number of hydrogen-bond acceptors (Lipinski definition) is 4. The second-order valence-corrected chi connectivity index (χ2v) is 10.4. The Morgan fingerprint density at radius 3 is 2.67 bits per heavy atom. The molecule has 0 spiro atoms. The van der Waals surface area contributed by atoms with Gasteiger partial charge in [-0.25, -0.2) is 0 Å². The summed E-state index contributed by atoms with van der Waals surface area (Å²) in [5, 5.41) is 10.3. The van der Waals surface area contributed by atoms with Crippen LogP contribution < -0.4 is 0 Å². The highest BCUT2D eigenvalue weighted by molar-refractivity contribution is 5.94. The molecular weight excluding hydrogens is 412 g/mol. The first kappa shape index (κ1) is 22.4. The second-order valence-electron chi connectivity index (χ2n) is 10.4. The molecule has 1 amide bonds. The Morgan fingerprint density at radius 1 is 1.18 bits per heavy atom. The lowest BCUT2D eigenvalue weighted by molar-refractivity contribution is -0.0794. The van der Waals surface area contributed by atoms with E-state index < -0.39 is 0 Å². The molecule has 2 aliphatic carbocycles. The number of likely N-dealkylation sites (tertiary alicyclic amines) is 1. The number of carbonyl (C=O) groups is 1. The van der Waals surface area contributed by atoms with E-state index in [9.17, 15) is 9.90 Å². The van der Waals surface area contributed by atoms with Crippen LogP contribution in [0.3, 0.4) is 0 Å². The summed E-state index contributed by atoms with van der Waals surface area (Å²) < 4.78 is 6.15. The molecule has 2 saturated carbocycles. The molecule has 4 atom stereocenters. The van der Waals surface area contributed by atoms with Crippen LogP contribution in [0.15, 0.2) is 54.6 Å². The van der Waals surface area contributed by atoms with Crippen LogP contribution in [0.1, 0.15) is 48.0 Å². The third-order valence-corrected chi connectivity index (χ3v) is 8.42. The Kier molecular flexibility index (Phi) is 6.19. The first-order chi connectivity index (χ1) is 16.0. The first-order valence-electron chi connectivity index (χ1n) is 12.4. The van der Waals surface area contributed by atoms with Crippen molar-refractivity contribution in [1.82, 2.24) is 9.80 Å². The van der Waals surface area contributed by atoms with Crippen molar-refractivity contribution in [3.63, 3.8) is 0 Å². The van der Waals surface area contributed by atoms with Crippen LogP contribution in [-0.4, -0.2) is 66.8 Å². The van der Waals surface area contributed by atoms with E-state index in [1.807, 2.05) is 61.5 Å². The van der Waals surface area contributed by atoms with E-state index in [-0.39, 0.29) is 23.5 Å². The van der Waals surface area contributed by atoms with Crippen molar-refractivity contribution in [3.05, 3.63) is 65.7 Å². The van der Waals surface area contributed by atoms with Crippen molar-refractivity contribution in [2.45, 2.75) is 49.7 Å². The highest BCUT2D eigenvalue weighted by Crippen LogP contribution is 2.51. The molecule has 2 aromatic carbocycles. The van der Waals surface area contributed by atoms with Gasteiger partial charge in [-0.2, -0.15) is 0 Å². The average Bonchev–Trinajstić information content (AvgIpc) is 3.67. The molecule has 1 aliphatic heterocycles. The predicted octanol–water partition coefficient (Wildman–Crippen LogP) is 4.31. The number of phenolic OH excluding ortho intramolecular Hbond substituents is 1. The van der Waals surface area contributed by atoms with Gasteiger partial charge in [0.2, 0.25) is 0 Å². The zero-order chi connectivity index (χ0) is 23.0. The summed E-state index contributed by atoms with van der Waals surface area (Å²) in [6, 6.07) is 17.4. The fourth-order valence-electron chi connectivity index (χ4n) is 6.38. The van der Waals surface area contributed by atoms with Crippen molar-refractivity contribution in [3.8, 4) is 5.75 Å². The normalized spacial score (nSPS) is 29.9. The van der Waals surface area contributed by atoms with E-state index >= 15 is 0 Å². The lowest BCUT2D eigenvalue weighted by Crippen LogP contribution is -2.61. The molecule has 5 heteroatoms. The maximum Gasteiger partial charge on any atom is 0.253 e. The minimum atomic E-state index is -0.117. The number of nitrogens with zero attached hydrogens (tertiary/aromatic N) is 2. The predicted molar refractivity (Wildman–Crippen MR) is 129 cm³/mol. The molecule has 0 aromatic heterocycles. The number of hydrogen-bond donors (Lipinski definition) is 1. The van der Waals surface area contributed by atoms with Crippen molar-refractivity contribution in [2.24, 2.45) is 11.8 Å². The van der Waals surface area contributed by atoms with Crippen LogP contribution in [-0.2, 0) is 10.2 Å². The topological polar surface area (TPSA) is 53.0 Å². The molecule has 5 rings (SSSR count). The van der Waals surface area contributed by atoms with Crippen LogP contribution in [0.2, 0.25) is 0 Å². The SMILES string of the molecule is COC1C[C@H](N(C)C(=O)c2ccccc2)CC2(c3cccc(O)c3)CCN(CC3CC3)CC12. The van der Waals surface area contributed by atoms with Crippen LogP contribution in [0, 0.1) is 11.8 Å². The van der Waals surface area contributed by atoms with Gasteiger partial charge in [0.25, 0.3) is 5.91 Å². The van der Waals surface area contributed by atoms with Gasteiger partial charge in [0.1, 0.15) is 5.75 Å². The zero-order valence-corrected chi connectivity index (χ0v) is 19.8. The standard InChI is InChI=1S/C28H36N2O3/c1-29(27(32)21-7-4-3-5-8-21)23-16-26(33-2)25-19-30(18-20-11-12-20)14-13-28(25,17-23)22-9-6-10-24(31)15-22/h3-10,15,20,23,25-26,31H,11-14,16-19H2,1-2H3/t23-,25?,26?,28?/m0/s1. The quantitative estimate of drug-likeness (QED) is 0.716. The molecule has 3 unspecified atom stereocenters. The van der Waals surface area contributed by atoms with Crippen molar-refractivity contribution in [2.75, 3.05) is 33.8 Å².